The van der Waals surface area contributed by atoms with E-state index in [1.165, 1.54) is 0 Å². The number of aromatic nitrogens is 6. The van der Waals surface area contributed by atoms with E-state index >= 15 is 0 Å². The number of hydrogen-bond donors (Lipinski definition) is 1. The van der Waals surface area contributed by atoms with Crippen molar-refractivity contribution in [2.24, 2.45) is 0 Å². The largest absolute Gasteiger partial charge is 0.417 e. The van der Waals surface area contributed by atoms with E-state index < -0.39 is 6.04 Å². The quantitative estimate of drug-likeness (QED) is 0.555. The first kappa shape index (κ1) is 17.9. The number of hydrogen-bond acceptors (Lipinski definition) is 6. The highest BCUT2D eigenvalue weighted by Gasteiger charge is 2.38. The lowest BCUT2D eigenvalue weighted by atomic mass is 9.99. The number of aromatic amines is 1. The van der Waals surface area contributed by atoms with Gasteiger partial charge in [0.05, 0.1) is 28.3 Å². The van der Waals surface area contributed by atoms with Gasteiger partial charge < -0.3 is 14.3 Å². The van der Waals surface area contributed by atoms with Crippen LogP contribution in [0.5, 0.6) is 0 Å². The molecule has 0 radical (unpaired) electrons. The molecule has 0 spiro atoms. The number of imidazole rings is 1. The zero-order valence-corrected chi connectivity index (χ0v) is 16.6. The molecule has 4 aromatic rings. The highest BCUT2D eigenvalue weighted by atomic mass is 35.5. The number of nitrogens with one attached hydrogen (secondary N) is 1. The minimum absolute atomic E-state index is 0.0283. The van der Waals surface area contributed by atoms with Gasteiger partial charge in [-0.15, -0.1) is 10.2 Å². The maximum absolute atomic E-state index is 13.3. The summed E-state index contributed by atoms with van der Waals surface area (Å²) in [7, 11) is 0. The lowest BCUT2D eigenvalue weighted by Gasteiger charge is -2.32. The van der Waals surface area contributed by atoms with Gasteiger partial charge in [0.2, 0.25) is 5.89 Å². The van der Waals surface area contributed by atoms with Gasteiger partial charge in [-0.05, 0) is 18.2 Å². The molecule has 10 heteroatoms. The Morgan fingerprint density at radius 1 is 1.38 bits per heavy atom. The molecule has 0 fully saturated rings. The molecule has 5 rings (SSSR count). The van der Waals surface area contributed by atoms with Gasteiger partial charge in [0.1, 0.15) is 6.04 Å². The molecule has 0 aliphatic carbocycles. The molecule has 1 aliphatic heterocycles. The Morgan fingerprint density at radius 3 is 3.00 bits per heavy atom. The van der Waals surface area contributed by atoms with Crippen LogP contribution in [0.1, 0.15) is 59.5 Å². The Balaban J connectivity index is 1.60. The number of pyridine rings is 1. The van der Waals surface area contributed by atoms with Crippen LogP contribution >= 0.6 is 11.6 Å². The molecule has 0 saturated heterocycles. The van der Waals surface area contributed by atoms with E-state index in [0.29, 0.717) is 29.6 Å². The Kier molecular flexibility index (Phi) is 4.13. The molecular weight excluding hydrogens is 394 g/mol. The second-order valence-corrected chi connectivity index (χ2v) is 7.68. The Bertz CT molecular complexity index is 1210. The van der Waals surface area contributed by atoms with Crippen LogP contribution in [-0.4, -0.2) is 47.1 Å². The van der Waals surface area contributed by atoms with Crippen molar-refractivity contribution in [3.05, 3.63) is 64.6 Å². The highest BCUT2D eigenvalue weighted by molar-refractivity contribution is 6.33. The van der Waals surface area contributed by atoms with Crippen LogP contribution in [0, 0.1) is 0 Å². The van der Waals surface area contributed by atoms with Gasteiger partial charge in [-0.3, -0.25) is 4.79 Å². The molecule has 0 aromatic carbocycles. The number of carbonyl (C=O) groups excluding carboxylic acids is 1. The topological polar surface area (TPSA) is 105 Å². The summed E-state index contributed by atoms with van der Waals surface area (Å²) in [4.78, 5) is 22.6. The second-order valence-electron chi connectivity index (χ2n) is 7.27. The zero-order valence-electron chi connectivity index (χ0n) is 15.8. The number of nitrogens with zero attached hydrogens (tertiary/aromatic N) is 6. The van der Waals surface area contributed by atoms with Crippen LogP contribution in [0.15, 0.2) is 35.1 Å². The van der Waals surface area contributed by atoms with E-state index in [9.17, 15) is 4.79 Å². The van der Waals surface area contributed by atoms with Crippen molar-refractivity contribution in [3.63, 3.8) is 0 Å². The lowest BCUT2D eigenvalue weighted by molar-refractivity contribution is 0.0643. The summed E-state index contributed by atoms with van der Waals surface area (Å²) in [5, 5.41) is 13.2. The number of H-pyrrole nitrogens is 1. The first-order chi connectivity index (χ1) is 14.0. The second kappa shape index (κ2) is 6.70. The molecule has 1 aliphatic rings. The first-order valence-electron chi connectivity index (χ1n) is 9.33. The molecule has 9 nitrogen and oxygen atoms in total. The van der Waals surface area contributed by atoms with Crippen LogP contribution < -0.4 is 0 Å². The SMILES string of the molecule is CC(C)c1nnc(C(=O)N2CCc3[nH]cnc3[C@@H]2c2cc3c(Cl)cccn3n2)o1. The van der Waals surface area contributed by atoms with Crippen molar-refractivity contribution < 1.29 is 9.21 Å². The third-order valence-electron chi connectivity index (χ3n) is 5.05. The molecule has 148 valence electrons. The Hall–Kier alpha value is -3.20. The molecule has 0 bridgehead atoms. The zero-order chi connectivity index (χ0) is 20.1. The van der Waals surface area contributed by atoms with Crippen molar-refractivity contribution in [2.45, 2.75) is 32.2 Å². The summed E-state index contributed by atoms with van der Waals surface area (Å²) in [6.45, 7) is 4.34. The third kappa shape index (κ3) is 2.89. The number of halogens is 1. The average Bonchev–Trinajstić information content (AvgIpc) is 3.44. The van der Waals surface area contributed by atoms with Crippen LogP contribution in [0.4, 0.5) is 0 Å². The molecule has 5 heterocycles. The van der Waals surface area contributed by atoms with Crippen molar-refractivity contribution in [2.75, 3.05) is 6.54 Å². The summed E-state index contributed by atoms with van der Waals surface area (Å²) in [5.41, 5.74) is 3.17. The molecule has 1 amide bonds. The predicted molar refractivity (Wildman–Crippen MR) is 104 cm³/mol. The minimum Gasteiger partial charge on any atom is -0.417 e. The van der Waals surface area contributed by atoms with Gasteiger partial charge in [-0.25, -0.2) is 9.50 Å². The van der Waals surface area contributed by atoms with Crippen LogP contribution in [-0.2, 0) is 6.42 Å². The fraction of sp³-hybridized carbons (Fsp3) is 0.316. The Labute approximate surface area is 170 Å². The molecule has 0 saturated carbocycles. The summed E-state index contributed by atoms with van der Waals surface area (Å²) < 4.78 is 7.30. The predicted octanol–water partition coefficient (Wildman–Crippen LogP) is 3.01. The lowest BCUT2D eigenvalue weighted by Crippen LogP contribution is -2.41. The van der Waals surface area contributed by atoms with Gasteiger partial charge >= 0.3 is 11.8 Å². The molecule has 1 N–H and O–H groups in total. The van der Waals surface area contributed by atoms with Gasteiger partial charge in [-0.2, -0.15) is 5.10 Å². The third-order valence-corrected chi connectivity index (χ3v) is 5.37. The maximum Gasteiger partial charge on any atom is 0.312 e. The van der Waals surface area contributed by atoms with Crippen molar-refractivity contribution in [1.29, 1.82) is 0 Å². The molecule has 1 atom stereocenters. The summed E-state index contributed by atoms with van der Waals surface area (Å²) in [5.74, 6) is 0.104. The average molecular weight is 412 g/mol. The minimum atomic E-state index is -0.483. The van der Waals surface area contributed by atoms with Crippen LogP contribution in [0.3, 0.4) is 0 Å². The van der Waals surface area contributed by atoms with Gasteiger partial charge in [0.15, 0.2) is 0 Å². The van der Waals surface area contributed by atoms with Crippen molar-refractivity contribution >= 4 is 23.0 Å². The van der Waals surface area contributed by atoms with Crippen molar-refractivity contribution in [3.8, 4) is 0 Å². The summed E-state index contributed by atoms with van der Waals surface area (Å²) >= 11 is 6.32. The Morgan fingerprint density at radius 2 is 2.24 bits per heavy atom. The van der Waals surface area contributed by atoms with E-state index in [1.54, 1.807) is 21.8 Å². The number of carbonyl (C=O) groups is 1. The van der Waals surface area contributed by atoms with E-state index in [1.807, 2.05) is 32.2 Å². The fourth-order valence-electron chi connectivity index (χ4n) is 3.61. The summed E-state index contributed by atoms with van der Waals surface area (Å²) in [6.07, 6.45) is 4.10. The normalized spacial score (nSPS) is 16.6. The standard InChI is InChI=1S/C19H18ClN7O2/c1-10(2)17-23-24-18(29-17)19(28)26-7-5-12-15(22-9-21-12)16(26)13-8-14-11(20)4-3-6-27(14)25-13/h3-4,6,8-10,16H,5,7H2,1-2H3,(H,21,22)/t16-/m0/s1. The van der Waals surface area contributed by atoms with Gasteiger partial charge in [-0.1, -0.05) is 25.4 Å². The molecule has 29 heavy (non-hydrogen) atoms. The van der Waals surface area contributed by atoms with Crippen LogP contribution in [0.25, 0.3) is 5.52 Å². The monoisotopic (exact) mass is 411 g/mol. The fourth-order valence-corrected chi connectivity index (χ4v) is 3.82. The number of fused-ring (bicyclic) bond motifs is 2. The van der Waals surface area contributed by atoms with E-state index in [4.69, 9.17) is 16.0 Å². The number of amides is 1. The highest BCUT2D eigenvalue weighted by Crippen LogP contribution is 2.35. The van der Waals surface area contributed by atoms with E-state index in [-0.39, 0.29) is 17.7 Å². The smallest absolute Gasteiger partial charge is 0.312 e. The summed E-state index contributed by atoms with van der Waals surface area (Å²) in [6, 6.07) is 5.02. The van der Waals surface area contributed by atoms with Crippen LogP contribution in [0.2, 0.25) is 5.02 Å². The number of rotatable bonds is 3. The van der Waals surface area contributed by atoms with Gasteiger partial charge in [0.25, 0.3) is 0 Å². The van der Waals surface area contributed by atoms with Crippen molar-refractivity contribution in [1.82, 2.24) is 34.7 Å². The molecular formula is C19H18ClN7O2. The maximum atomic E-state index is 13.3. The first-order valence-corrected chi connectivity index (χ1v) is 9.71. The molecule has 4 aromatic heterocycles. The van der Waals surface area contributed by atoms with Gasteiger partial charge in [0, 0.05) is 30.8 Å². The van der Waals surface area contributed by atoms with E-state index in [2.05, 4.69) is 25.3 Å². The molecule has 0 unspecified atom stereocenters. The van der Waals surface area contributed by atoms with E-state index in [0.717, 1.165) is 16.9 Å².